The molecule has 2 aromatic heterocycles. The van der Waals surface area contributed by atoms with Gasteiger partial charge >= 0.3 is 0 Å². The summed E-state index contributed by atoms with van der Waals surface area (Å²) in [6, 6.07) is 4.05. The number of rotatable bonds is 3. The highest BCUT2D eigenvalue weighted by Crippen LogP contribution is 2.22. The third-order valence-corrected chi connectivity index (χ3v) is 2.99. The number of H-pyrrole nitrogens is 1. The molecule has 17 heavy (non-hydrogen) atoms. The summed E-state index contributed by atoms with van der Waals surface area (Å²) in [5.41, 5.74) is 4.31. The Balaban J connectivity index is 2.59. The van der Waals surface area contributed by atoms with Crippen LogP contribution in [0.2, 0.25) is 0 Å². The van der Waals surface area contributed by atoms with Crippen molar-refractivity contribution in [3.8, 4) is 11.3 Å². The van der Waals surface area contributed by atoms with E-state index >= 15 is 0 Å². The van der Waals surface area contributed by atoms with Crippen molar-refractivity contribution in [3.63, 3.8) is 0 Å². The van der Waals surface area contributed by atoms with E-state index < -0.39 is 0 Å². The molecule has 0 spiro atoms. The van der Waals surface area contributed by atoms with Crippen LogP contribution in [-0.2, 0) is 6.42 Å². The summed E-state index contributed by atoms with van der Waals surface area (Å²) in [5, 5.41) is 0. The molecule has 0 aliphatic carbocycles. The van der Waals surface area contributed by atoms with Gasteiger partial charge < -0.3 is 4.98 Å². The fourth-order valence-corrected chi connectivity index (χ4v) is 2.12. The minimum Gasteiger partial charge on any atom is -0.346 e. The highest BCUT2D eigenvalue weighted by atomic mass is 32.1. The number of pyridine rings is 1. The van der Waals surface area contributed by atoms with E-state index in [1.54, 1.807) is 6.33 Å². The van der Waals surface area contributed by atoms with Gasteiger partial charge in [-0.05, 0) is 25.5 Å². The van der Waals surface area contributed by atoms with Crippen molar-refractivity contribution in [1.29, 1.82) is 0 Å². The molecule has 0 aromatic carbocycles. The van der Waals surface area contributed by atoms with Crippen molar-refractivity contribution in [3.05, 3.63) is 40.6 Å². The molecule has 0 bridgehead atoms. The minimum atomic E-state index is 0.690. The maximum Gasteiger partial charge on any atom is 0.133 e. The Morgan fingerprint density at radius 3 is 2.88 bits per heavy atom. The number of aromatic nitrogens is 3. The van der Waals surface area contributed by atoms with Crippen LogP contribution in [0.1, 0.15) is 24.6 Å². The molecule has 0 amide bonds. The van der Waals surface area contributed by atoms with Gasteiger partial charge in [0, 0.05) is 23.0 Å². The monoisotopic (exact) mass is 245 g/mol. The van der Waals surface area contributed by atoms with Gasteiger partial charge in [0.1, 0.15) is 4.64 Å². The highest BCUT2D eigenvalue weighted by molar-refractivity contribution is 7.71. The number of aromatic amines is 1. The van der Waals surface area contributed by atoms with E-state index in [1.165, 1.54) is 0 Å². The van der Waals surface area contributed by atoms with Gasteiger partial charge in [-0.2, -0.15) is 0 Å². The molecule has 2 aromatic rings. The molecular formula is C13H15N3S. The van der Waals surface area contributed by atoms with Gasteiger partial charge in [0.05, 0.1) is 12.0 Å². The van der Waals surface area contributed by atoms with Gasteiger partial charge in [-0.3, -0.25) is 4.98 Å². The minimum absolute atomic E-state index is 0.690. The first kappa shape index (κ1) is 11.9. The van der Waals surface area contributed by atoms with E-state index in [9.17, 15) is 0 Å². The number of hydrogen-bond donors (Lipinski definition) is 1. The van der Waals surface area contributed by atoms with Crippen LogP contribution < -0.4 is 0 Å². The van der Waals surface area contributed by atoms with Gasteiger partial charge in [-0.25, -0.2) is 4.98 Å². The molecule has 2 heterocycles. The second-order valence-corrected chi connectivity index (χ2v) is 4.38. The van der Waals surface area contributed by atoms with Crippen LogP contribution in [0.4, 0.5) is 0 Å². The Hall–Kier alpha value is -1.55. The van der Waals surface area contributed by atoms with Crippen LogP contribution in [0.15, 0.2) is 24.7 Å². The maximum absolute atomic E-state index is 5.29. The van der Waals surface area contributed by atoms with Gasteiger partial charge in [0.2, 0.25) is 0 Å². The molecule has 0 aliphatic heterocycles. The van der Waals surface area contributed by atoms with E-state index in [2.05, 4.69) is 27.9 Å². The maximum atomic E-state index is 5.29. The van der Waals surface area contributed by atoms with Gasteiger partial charge in [-0.15, -0.1) is 0 Å². The lowest BCUT2D eigenvalue weighted by molar-refractivity contribution is 0.898. The Morgan fingerprint density at radius 2 is 2.18 bits per heavy atom. The van der Waals surface area contributed by atoms with E-state index in [4.69, 9.17) is 12.2 Å². The molecule has 3 nitrogen and oxygen atoms in total. The summed E-state index contributed by atoms with van der Waals surface area (Å²) in [5.74, 6) is 0. The fraction of sp³-hybridized carbons (Fsp3) is 0.308. The smallest absolute Gasteiger partial charge is 0.133 e. The molecule has 88 valence electrons. The Bertz CT molecular complexity index is 575. The average molecular weight is 245 g/mol. The molecule has 0 saturated carbocycles. The quantitative estimate of drug-likeness (QED) is 0.842. The third-order valence-electron chi connectivity index (χ3n) is 2.64. The van der Waals surface area contributed by atoms with Crippen LogP contribution >= 0.6 is 12.2 Å². The van der Waals surface area contributed by atoms with Crippen molar-refractivity contribution >= 4 is 12.2 Å². The van der Waals surface area contributed by atoms with Crippen molar-refractivity contribution in [1.82, 2.24) is 15.0 Å². The lowest BCUT2D eigenvalue weighted by atomic mass is 10.0. The highest BCUT2D eigenvalue weighted by Gasteiger charge is 2.07. The molecule has 0 atom stereocenters. The van der Waals surface area contributed by atoms with Crippen LogP contribution in [0.3, 0.4) is 0 Å². The summed E-state index contributed by atoms with van der Waals surface area (Å²) < 4.78 is 0.690. The van der Waals surface area contributed by atoms with Crippen LogP contribution in [0.5, 0.6) is 0 Å². The normalized spacial score (nSPS) is 10.5. The SMILES string of the molecule is CCCc1c(-c2ccnc(C)c2)[nH]cnc1=S. The van der Waals surface area contributed by atoms with E-state index in [1.807, 2.05) is 19.2 Å². The second kappa shape index (κ2) is 5.19. The Morgan fingerprint density at radius 1 is 1.35 bits per heavy atom. The van der Waals surface area contributed by atoms with Crippen molar-refractivity contribution in [2.45, 2.75) is 26.7 Å². The third kappa shape index (κ3) is 2.58. The van der Waals surface area contributed by atoms with Crippen LogP contribution in [0.25, 0.3) is 11.3 Å². The molecule has 4 heteroatoms. The molecule has 0 fully saturated rings. The van der Waals surface area contributed by atoms with Crippen molar-refractivity contribution < 1.29 is 0 Å². The average Bonchev–Trinajstić information content (AvgIpc) is 2.32. The molecule has 0 aliphatic rings. The topological polar surface area (TPSA) is 41.6 Å². The zero-order chi connectivity index (χ0) is 12.3. The summed E-state index contributed by atoms with van der Waals surface area (Å²) in [6.45, 7) is 4.13. The summed E-state index contributed by atoms with van der Waals surface area (Å²) in [4.78, 5) is 11.6. The van der Waals surface area contributed by atoms with Gasteiger partial charge in [0.15, 0.2) is 0 Å². The van der Waals surface area contributed by atoms with E-state index in [-0.39, 0.29) is 0 Å². The lowest BCUT2D eigenvalue weighted by Gasteiger charge is -2.08. The first-order chi connectivity index (χ1) is 8.22. The van der Waals surface area contributed by atoms with E-state index in [0.29, 0.717) is 4.64 Å². The number of nitrogens with one attached hydrogen (secondary N) is 1. The molecule has 0 radical (unpaired) electrons. The zero-order valence-corrected chi connectivity index (χ0v) is 10.8. The van der Waals surface area contributed by atoms with Crippen LogP contribution in [-0.4, -0.2) is 15.0 Å². The predicted octanol–water partition coefficient (Wildman–Crippen LogP) is 3.46. The van der Waals surface area contributed by atoms with Crippen molar-refractivity contribution in [2.24, 2.45) is 0 Å². The molecule has 2 rings (SSSR count). The number of nitrogens with zero attached hydrogens (tertiary/aromatic N) is 2. The van der Waals surface area contributed by atoms with Gasteiger partial charge in [-0.1, -0.05) is 25.6 Å². The lowest BCUT2D eigenvalue weighted by Crippen LogP contribution is -1.97. The molecule has 0 unspecified atom stereocenters. The Kier molecular flexibility index (Phi) is 3.64. The Labute approximate surface area is 106 Å². The number of aryl methyl sites for hydroxylation is 1. The zero-order valence-electron chi connectivity index (χ0n) is 10.0. The van der Waals surface area contributed by atoms with Crippen LogP contribution in [0, 0.1) is 11.6 Å². The van der Waals surface area contributed by atoms with Crippen molar-refractivity contribution in [2.75, 3.05) is 0 Å². The number of hydrogen-bond acceptors (Lipinski definition) is 3. The molecular weight excluding hydrogens is 230 g/mol. The first-order valence-electron chi connectivity index (χ1n) is 5.72. The fourth-order valence-electron chi connectivity index (χ4n) is 1.87. The molecule has 0 saturated heterocycles. The summed E-state index contributed by atoms with van der Waals surface area (Å²) in [6.07, 6.45) is 5.48. The standard InChI is InChI=1S/C13H15N3S/c1-3-4-11-12(15-8-16-13(11)17)10-5-6-14-9(2)7-10/h5-8H,3-4H2,1-2H3,(H,15,16,17). The largest absolute Gasteiger partial charge is 0.346 e. The molecule has 1 N–H and O–H groups in total. The summed E-state index contributed by atoms with van der Waals surface area (Å²) in [7, 11) is 0. The second-order valence-electron chi connectivity index (χ2n) is 4.00. The van der Waals surface area contributed by atoms with Gasteiger partial charge in [0.25, 0.3) is 0 Å². The van der Waals surface area contributed by atoms with E-state index in [0.717, 1.165) is 35.4 Å². The predicted molar refractivity (Wildman–Crippen MR) is 71.4 cm³/mol. The summed E-state index contributed by atoms with van der Waals surface area (Å²) >= 11 is 5.29. The first-order valence-corrected chi connectivity index (χ1v) is 6.12.